The molecule has 0 spiro atoms. The molecule has 1 saturated heterocycles. The van der Waals surface area contributed by atoms with Crippen LogP contribution in [-0.2, 0) is 10.2 Å². The average Bonchev–Trinajstić information content (AvgIpc) is 3.33. The third-order valence-electron chi connectivity index (χ3n) is 7.78. The van der Waals surface area contributed by atoms with Crippen LogP contribution < -0.4 is 20.1 Å². The smallest absolute Gasteiger partial charge is 0.490 e. The van der Waals surface area contributed by atoms with Crippen LogP contribution in [0.4, 0.5) is 36.8 Å². The standard InChI is InChI=1S/C26H32F3N3O3.C2HF3O2/c1-15(2)32-12-11-26(16-5-8-20(34-3)21(13-16)35-4)10-9-17(14-22(26)32)30-25(33)31-19-7-6-18(27)23(28)24(19)29;3-2(4,5)1(6)7/h5-8,13,15,17,22H,9-12,14H2,1-4H3,(H2,30,31,33);(H,6,7). The molecule has 2 aliphatic rings. The molecule has 1 aliphatic heterocycles. The van der Waals surface area contributed by atoms with Gasteiger partial charge in [-0.05, 0) is 75.9 Å². The number of halogens is 6. The molecule has 42 heavy (non-hydrogen) atoms. The van der Waals surface area contributed by atoms with Gasteiger partial charge in [-0.1, -0.05) is 6.07 Å². The predicted octanol–water partition coefficient (Wildman–Crippen LogP) is 5.85. The number of nitrogens with zero attached hydrogens (tertiary/aromatic N) is 1. The van der Waals surface area contributed by atoms with E-state index in [-0.39, 0.29) is 17.5 Å². The van der Waals surface area contributed by atoms with Crippen molar-refractivity contribution in [3.63, 3.8) is 0 Å². The first-order valence-corrected chi connectivity index (χ1v) is 13.1. The molecule has 4 rings (SSSR count). The minimum Gasteiger partial charge on any atom is -0.493 e. The summed E-state index contributed by atoms with van der Waals surface area (Å²) in [4.78, 5) is 24.0. The van der Waals surface area contributed by atoms with E-state index in [2.05, 4.69) is 41.5 Å². The fourth-order valence-corrected chi connectivity index (χ4v) is 5.78. The largest absolute Gasteiger partial charge is 0.493 e. The molecule has 2 aromatic rings. The number of alkyl halides is 3. The molecular weight excluding hydrogens is 572 g/mol. The lowest BCUT2D eigenvalue weighted by molar-refractivity contribution is -0.192. The number of hydrogen-bond donors (Lipinski definition) is 3. The van der Waals surface area contributed by atoms with Gasteiger partial charge in [0.15, 0.2) is 29.0 Å². The van der Waals surface area contributed by atoms with Crippen molar-refractivity contribution in [3.05, 3.63) is 53.3 Å². The van der Waals surface area contributed by atoms with E-state index in [1.165, 1.54) is 5.56 Å². The molecule has 3 unspecified atom stereocenters. The summed E-state index contributed by atoms with van der Waals surface area (Å²) in [5, 5.41) is 12.3. The van der Waals surface area contributed by atoms with Crippen LogP contribution in [0.1, 0.15) is 45.1 Å². The normalized spacial score (nSPS) is 22.1. The molecule has 2 fully saturated rings. The van der Waals surface area contributed by atoms with Gasteiger partial charge in [0.1, 0.15) is 0 Å². The number of carbonyl (C=O) groups is 2. The zero-order valence-electron chi connectivity index (χ0n) is 23.4. The Morgan fingerprint density at radius 3 is 2.24 bits per heavy atom. The lowest BCUT2D eigenvalue weighted by Crippen LogP contribution is -2.54. The fourth-order valence-electron chi connectivity index (χ4n) is 5.78. The van der Waals surface area contributed by atoms with Crippen molar-refractivity contribution in [1.82, 2.24) is 10.2 Å². The summed E-state index contributed by atoms with van der Waals surface area (Å²) < 4.78 is 83.4. The fraction of sp³-hybridized carbons (Fsp3) is 0.500. The Morgan fingerprint density at radius 1 is 1.02 bits per heavy atom. The van der Waals surface area contributed by atoms with Gasteiger partial charge in [0.2, 0.25) is 0 Å². The summed E-state index contributed by atoms with van der Waals surface area (Å²) in [5.74, 6) is -5.72. The van der Waals surface area contributed by atoms with Crippen molar-refractivity contribution < 1.29 is 50.5 Å². The number of amides is 2. The number of carboxylic acids is 1. The zero-order chi connectivity index (χ0) is 31.4. The molecule has 2 aromatic carbocycles. The van der Waals surface area contributed by atoms with Crippen molar-refractivity contribution in [2.75, 3.05) is 26.1 Å². The summed E-state index contributed by atoms with van der Waals surface area (Å²) in [6.07, 6.45) is -1.81. The number of methoxy groups -OCH3 is 2. The van der Waals surface area contributed by atoms with E-state index in [0.29, 0.717) is 24.0 Å². The van der Waals surface area contributed by atoms with Crippen molar-refractivity contribution in [2.45, 2.75) is 69.2 Å². The number of fused-ring (bicyclic) bond motifs is 1. The molecule has 232 valence electrons. The summed E-state index contributed by atoms with van der Waals surface area (Å²) >= 11 is 0. The summed E-state index contributed by atoms with van der Waals surface area (Å²) in [7, 11) is 3.24. The number of rotatable bonds is 6. The predicted molar refractivity (Wildman–Crippen MR) is 141 cm³/mol. The van der Waals surface area contributed by atoms with Crippen LogP contribution >= 0.6 is 0 Å². The van der Waals surface area contributed by atoms with Crippen molar-refractivity contribution in [2.24, 2.45) is 0 Å². The highest BCUT2D eigenvalue weighted by molar-refractivity contribution is 5.89. The second kappa shape index (κ2) is 13.1. The lowest BCUT2D eigenvalue weighted by atomic mass is 9.65. The number of hydrogen-bond acceptors (Lipinski definition) is 5. The minimum atomic E-state index is -5.08. The number of carbonyl (C=O) groups excluding carboxylic acids is 1. The molecule has 0 radical (unpaired) electrons. The van der Waals surface area contributed by atoms with E-state index in [4.69, 9.17) is 19.4 Å². The molecule has 3 atom stereocenters. The molecule has 8 nitrogen and oxygen atoms in total. The van der Waals surface area contributed by atoms with E-state index in [0.717, 1.165) is 37.9 Å². The maximum atomic E-state index is 14.0. The van der Waals surface area contributed by atoms with Crippen LogP contribution in [0.15, 0.2) is 30.3 Å². The molecule has 0 bridgehead atoms. The first kappa shape index (κ1) is 32.8. The highest BCUT2D eigenvalue weighted by Gasteiger charge is 2.52. The van der Waals surface area contributed by atoms with E-state index in [1.54, 1.807) is 14.2 Å². The van der Waals surface area contributed by atoms with Crippen LogP contribution in [0.3, 0.4) is 0 Å². The van der Waals surface area contributed by atoms with Crippen LogP contribution in [0, 0.1) is 17.5 Å². The average molecular weight is 606 g/mol. The molecule has 1 aliphatic carbocycles. The first-order valence-electron chi connectivity index (χ1n) is 13.1. The molecular formula is C28H33F6N3O5. The van der Waals surface area contributed by atoms with Crippen molar-refractivity contribution >= 4 is 17.7 Å². The summed E-state index contributed by atoms with van der Waals surface area (Å²) in [5.41, 5.74) is 0.696. The van der Waals surface area contributed by atoms with Gasteiger partial charge in [0, 0.05) is 23.5 Å². The molecule has 14 heteroatoms. The molecule has 1 heterocycles. The number of nitrogens with one attached hydrogen (secondary N) is 2. The van der Waals surface area contributed by atoms with Crippen LogP contribution in [-0.4, -0.2) is 67.1 Å². The van der Waals surface area contributed by atoms with E-state index < -0.39 is 41.3 Å². The molecule has 1 saturated carbocycles. The van der Waals surface area contributed by atoms with Gasteiger partial charge in [-0.25, -0.2) is 22.8 Å². The molecule has 3 N–H and O–H groups in total. The number of anilines is 1. The lowest BCUT2D eigenvalue weighted by Gasteiger charge is -2.46. The van der Waals surface area contributed by atoms with Gasteiger partial charge < -0.3 is 25.2 Å². The first-order chi connectivity index (χ1) is 19.6. The Hall–Kier alpha value is -3.68. The second-order valence-corrected chi connectivity index (χ2v) is 10.4. The van der Waals surface area contributed by atoms with E-state index in [1.807, 2.05) is 6.07 Å². The zero-order valence-corrected chi connectivity index (χ0v) is 23.4. The Morgan fingerprint density at radius 2 is 1.67 bits per heavy atom. The van der Waals surface area contributed by atoms with Gasteiger partial charge in [-0.15, -0.1) is 0 Å². The maximum absolute atomic E-state index is 14.0. The Labute approximate surface area is 239 Å². The Balaban J connectivity index is 0.000000616. The van der Waals surface area contributed by atoms with Gasteiger partial charge >= 0.3 is 18.2 Å². The summed E-state index contributed by atoms with van der Waals surface area (Å²) in [6.45, 7) is 5.27. The maximum Gasteiger partial charge on any atom is 0.490 e. The van der Waals surface area contributed by atoms with Gasteiger partial charge in [-0.3, -0.25) is 4.90 Å². The highest BCUT2D eigenvalue weighted by atomic mass is 19.4. The van der Waals surface area contributed by atoms with Gasteiger partial charge in [0.25, 0.3) is 0 Å². The third-order valence-corrected chi connectivity index (χ3v) is 7.78. The molecule has 2 amide bonds. The van der Waals surface area contributed by atoms with Crippen molar-refractivity contribution in [3.8, 4) is 11.5 Å². The SMILES string of the molecule is COc1ccc(C23CCC(NC(=O)Nc4ccc(F)c(F)c4F)CC2N(C(C)C)CC3)cc1OC.O=C(O)C(F)(F)F. The number of benzene rings is 2. The van der Waals surface area contributed by atoms with Gasteiger partial charge in [-0.2, -0.15) is 13.2 Å². The summed E-state index contributed by atoms with van der Waals surface area (Å²) in [6, 6.07) is 7.59. The van der Waals surface area contributed by atoms with E-state index in [9.17, 15) is 31.1 Å². The number of aliphatic carboxylic acids is 1. The number of carboxylic acid groups (broad SMARTS) is 1. The van der Waals surface area contributed by atoms with Crippen LogP contribution in [0.5, 0.6) is 11.5 Å². The van der Waals surface area contributed by atoms with Crippen LogP contribution in [0.2, 0.25) is 0 Å². The third kappa shape index (κ3) is 7.02. The Bertz CT molecular complexity index is 1290. The van der Waals surface area contributed by atoms with Crippen molar-refractivity contribution in [1.29, 1.82) is 0 Å². The van der Waals surface area contributed by atoms with Crippen LogP contribution in [0.25, 0.3) is 0 Å². The second-order valence-electron chi connectivity index (χ2n) is 10.4. The number of urea groups is 1. The Kier molecular flexibility index (Phi) is 10.2. The number of ether oxygens (including phenoxy) is 2. The number of likely N-dealkylation sites (tertiary alicyclic amines) is 1. The monoisotopic (exact) mass is 605 g/mol. The molecule has 0 aromatic heterocycles. The quantitative estimate of drug-likeness (QED) is 0.282. The minimum absolute atomic E-state index is 0.0926. The highest BCUT2D eigenvalue weighted by Crippen LogP contribution is 2.51. The topological polar surface area (TPSA) is 100 Å². The van der Waals surface area contributed by atoms with Gasteiger partial charge in [0.05, 0.1) is 19.9 Å². The van der Waals surface area contributed by atoms with E-state index >= 15 is 0 Å².